The lowest BCUT2D eigenvalue weighted by Crippen LogP contribution is -2.14. The molecule has 0 aromatic carbocycles. The van der Waals surface area contributed by atoms with E-state index in [0.717, 1.165) is 10.6 Å². The van der Waals surface area contributed by atoms with Crippen molar-refractivity contribution in [3.05, 3.63) is 46.1 Å². The Hall–Kier alpha value is -2.87. The second-order valence-corrected chi connectivity index (χ2v) is 6.37. The van der Waals surface area contributed by atoms with Crippen LogP contribution in [0.3, 0.4) is 0 Å². The third kappa shape index (κ3) is 3.20. The number of anilines is 1. The molecule has 0 bridgehead atoms. The molecule has 0 saturated heterocycles. The van der Waals surface area contributed by atoms with Crippen LogP contribution in [0.4, 0.5) is 5.82 Å². The summed E-state index contributed by atoms with van der Waals surface area (Å²) in [6.07, 6.45) is 0.587. The number of methoxy groups -OCH3 is 1. The minimum Gasteiger partial charge on any atom is -0.465 e. The predicted molar refractivity (Wildman–Crippen MR) is 96.1 cm³/mol. The Labute approximate surface area is 148 Å². The van der Waals surface area contributed by atoms with E-state index in [4.69, 9.17) is 4.74 Å². The zero-order valence-electron chi connectivity index (χ0n) is 14.1. The molecule has 1 amide bonds. The average Bonchev–Trinajstić information content (AvgIpc) is 3.33. The van der Waals surface area contributed by atoms with Crippen molar-refractivity contribution < 1.29 is 14.3 Å². The Morgan fingerprint density at radius 1 is 1.40 bits per heavy atom. The van der Waals surface area contributed by atoms with Gasteiger partial charge in [-0.2, -0.15) is 5.10 Å². The maximum absolute atomic E-state index is 12.6. The maximum atomic E-state index is 12.6. The van der Waals surface area contributed by atoms with Crippen LogP contribution in [0.25, 0.3) is 10.6 Å². The van der Waals surface area contributed by atoms with E-state index in [1.54, 1.807) is 24.3 Å². The SMILES string of the molecule is CCc1[nH]c(C(=O)Nc2cc(-c3cccs3)[nH]n2)c(C)c1C(=O)OC. The van der Waals surface area contributed by atoms with Crippen molar-refractivity contribution in [2.45, 2.75) is 20.3 Å². The normalized spacial score (nSPS) is 10.7. The smallest absolute Gasteiger partial charge is 0.339 e. The summed E-state index contributed by atoms with van der Waals surface area (Å²) in [6.45, 7) is 3.62. The molecule has 25 heavy (non-hydrogen) atoms. The van der Waals surface area contributed by atoms with Crippen LogP contribution in [0.2, 0.25) is 0 Å². The molecule has 0 saturated carbocycles. The van der Waals surface area contributed by atoms with Gasteiger partial charge in [-0.3, -0.25) is 9.89 Å². The topological polar surface area (TPSA) is 99.9 Å². The Bertz CT molecular complexity index is 909. The van der Waals surface area contributed by atoms with Crippen molar-refractivity contribution in [2.75, 3.05) is 12.4 Å². The summed E-state index contributed by atoms with van der Waals surface area (Å²) in [4.78, 5) is 28.6. The number of ether oxygens (including phenoxy) is 1. The highest BCUT2D eigenvalue weighted by Crippen LogP contribution is 2.25. The molecule has 3 aromatic rings. The molecule has 3 N–H and O–H groups in total. The van der Waals surface area contributed by atoms with E-state index in [0.29, 0.717) is 34.8 Å². The quantitative estimate of drug-likeness (QED) is 0.609. The number of hydrogen-bond donors (Lipinski definition) is 3. The molecule has 3 aromatic heterocycles. The molecule has 0 radical (unpaired) electrons. The van der Waals surface area contributed by atoms with E-state index in [1.807, 2.05) is 24.4 Å². The van der Waals surface area contributed by atoms with Crippen molar-refractivity contribution in [1.82, 2.24) is 15.2 Å². The summed E-state index contributed by atoms with van der Waals surface area (Å²) in [5.74, 6) is -0.393. The van der Waals surface area contributed by atoms with E-state index < -0.39 is 5.97 Å². The van der Waals surface area contributed by atoms with E-state index >= 15 is 0 Å². The number of carbonyl (C=O) groups is 2. The molecule has 0 spiro atoms. The number of rotatable bonds is 5. The summed E-state index contributed by atoms with van der Waals surface area (Å²) in [6, 6.07) is 5.68. The van der Waals surface area contributed by atoms with Gasteiger partial charge in [-0.1, -0.05) is 13.0 Å². The number of nitrogens with one attached hydrogen (secondary N) is 3. The first-order chi connectivity index (χ1) is 12.0. The van der Waals surface area contributed by atoms with Crippen LogP contribution in [-0.2, 0) is 11.2 Å². The van der Waals surface area contributed by atoms with Gasteiger partial charge in [0.05, 0.1) is 23.2 Å². The third-order valence-electron chi connectivity index (χ3n) is 3.90. The summed E-state index contributed by atoms with van der Waals surface area (Å²) in [5, 5.41) is 11.7. The first-order valence-electron chi connectivity index (χ1n) is 7.75. The van der Waals surface area contributed by atoms with Crippen LogP contribution >= 0.6 is 11.3 Å². The van der Waals surface area contributed by atoms with Crippen LogP contribution in [0.15, 0.2) is 23.6 Å². The van der Waals surface area contributed by atoms with E-state index in [9.17, 15) is 9.59 Å². The number of carbonyl (C=O) groups excluding carboxylic acids is 2. The molecule has 0 unspecified atom stereocenters. The van der Waals surface area contributed by atoms with E-state index in [1.165, 1.54) is 7.11 Å². The molecule has 8 heteroatoms. The number of aromatic nitrogens is 3. The van der Waals surface area contributed by atoms with Gasteiger partial charge in [0.15, 0.2) is 5.82 Å². The molecule has 0 aliphatic carbocycles. The highest BCUT2D eigenvalue weighted by Gasteiger charge is 2.24. The van der Waals surface area contributed by atoms with Crippen LogP contribution < -0.4 is 5.32 Å². The number of nitrogens with zero attached hydrogens (tertiary/aromatic N) is 1. The van der Waals surface area contributed by atoms with Crippen molar-refractivity contribution in [1.29, 1.82) is 0 Å². The lowest BCUT2D eigenvalue weighted by molar-refractivity contribution is 0.0599. The van der Waals surface area contributed by atoms with Crippen LogP contribution in [0, 0.1) is 6.92 Å². The number of aryl methyl sites for hydroxylation is 1. The molecule has 0 aliphatic heterocycles. The van der Waals surface area contributed by atoms with Crippen LogP contribution in [0.5, 0.6) is 0 Å². The summed E-state index contributed by atoms with van der Waals surface area (Å²) < 4.78 is 4.81. The minimum absolute atomic E-state index is 0.331. The summed E-state index contributed by atoms with van der Waals surface area (Å²) >= 11 is 1.58. The second kappa shape index (κ2) is 6.94. The fourth-order valence-electron chi connectivity index (χ4n) is 2.65. The van der Waals surface area contributed by atoms with Crippen molar-refractivity contribution in [3.63, 3.8) is 0 Å². The van der Waals surface area contributed by atoms with E-state index in [-0.39, 0.29) is 5.91 Å². The lowest BCUT2D eigenvalue weighted by Gasteiger charge is -2.02. The largest absolute Gasteiger partial charge is 0.465 e. The monoisotopic (exact) mass is 358 g/mol. The maximum Gasteiger partial charge on any atom is 0.339 e. The molecule has 0 aliphatic rings. The zero-order chi connectivity index (χ0) is 18.0. The Kier molecular flexibility index (Phi) is 4.71. The van der Waals surface area contributed by atoms with Crippen molar-refractivity contribution >= 4 is 29.0 Å². The minimum atomic E-state index is -0.454. The summed E-state index contributed by atoms with van der Waals surface area (Å²) in [5.41, 5.74) is 2.82. The second-order valence-electron chi connectivity index (χ2n) is 5.42. The van der Waals surface area contributed by atoms with Gasteiger partial charge in [0.25, 0.3) is 5.91 Å². The van der Waals surface area contributed by atoms with Crippen molar-refractivity contribution in [2.24, 2.45) is 0 Å². The fraction of sp³-hybridized carbons (Fsp3) is 0.235. The van der Waals surface area contributed by atoms with Crippen molar-refractivity contribution in [3.8, 4) is 10.6 Å². The third-order valence-corrected chi connectivity index (χ3v) is 4.81. The highest BCUT2D eigenvalue weighted by atomic mass is 32.1. The van der Waals surface area contributed by atoms with Gasteiger partial charge in [-0.25, -0.2) is 4.79 Å². The van der Waals surface area contributed by atoms with Crippen LogP contribution in [0.1, 0.15) is 39.0 Å². The first-order valence-corrected chi connectivity index (χ1v) is 8.63. The van der Waals surface area contributed by atoms with Gasteiger partial charge in [0.1, 0.15) is 5.69 Å². The molecular weight excluding hydrogens is 340 g/mol. The van der Waals surface area contributed by atoms with Gasteiger partial charge in [0.2, 0.25) is 0 Å². The lowest BCUT2D eigenvalue weighted by atomic mass is 10.1. The first kappa shape index (κ1) is 17.0. The molecule has 3 heterocycles. The molecule has 0 atom stereocenters. The van der Waals surface area contributed by atoms with E-state index in [2.05, 4.69) is 20.5 Å². The number of aromatic amines is 2. The van der Waals surface area contributed by atoms with Gasteiger partial charge in [-0.05, 0) is 30.4 Å². The number of hydrogen-bond acceptors (Lipinski definition) is 5. The van der Waals surface area contributed by atoms with Crippen LogP contribution in [-0.4, -0.2) is 34.2 Å². The Balaban J connectivity index is 1.84. The van der Waals surface area contributed by atoms with Gasteiger partial charge in [-0.15, -0.1) is 11.3 Å². The predicted octanol–water partition coefficient (Wildman–Crippen LogP) is 3.38. The summed E-state index contributed by atoms with van der Waals surface area (Å²) in [7, 11) is 1.32. The molecular formula is C17H18N4O3S. The molecule has 0 fully saturated rings. The number of H-pyrrole nitrogens is 2. The molecule has 7 nitrogen and oxygen atoms in total. The van der Waals surface area contributed by atoms with Gasteiger partial charge in [0, 0.05) is 11.8 Å². The highest BCUT2D eigenvalue weighted by molar-refractivity contribution is 7.13. The van der Waals surface area contributed by atoms with Gasteiger partial charge < -0.3 is 15.0 Å². The Morgan fingerprint density at radius 3 is 2.84 bits per heavy atom. The average molecular weight is 358 g/mol. The zero-order valence-corrected chi connectivity index (χ0v) is 14.9. The number of esters is 1. The Morgan fingerprint density at radius 2 is 2.20 bits per heavy atom. The fourth-order valence-corrected chi connectivity index (χ4v) is 3.34. The molecule has 3 rings (SSSR count). The number of amides is 1. The number of thiophene rings is 1. The van der Waals surface area contributed by atoms with Gasteiger partial charge >= 0.3 is 5.97 Å². The standard InChI is InChI=1S/C17H18N4O3S/c1-4-10-14(17(23)24-3)9(2)15(18-10)16(22)19-13-8-11(20-21-13)12-6-5-7-25-12/h5-8,18H,4H2,1-3H3,(H2,19,20,21,22). The molecule has 130 valence electrons.